The van der Waals surface area contributed by atoms with Gasteiger partial charge in [-0.3, -0.25) is 4.90 Å². The van der Waals surface area contributed by atoms with Crippen molar-refractivity contribution < 1.29 is 8.78 Å². The van der Waals surface area contributed by atoms with Crippen LogP contribution in [0, 0.1) is 5.92 Å². The molecule has 1 heterocycles. The molecule has 0 radical (unpaired) electrons. The van der Waals surface area contributed by atoms with Gasteiger partial charge in [-0.15, -0.1) is 0 Å². The lowest BCUT2D eigenvalue weighted by atomic mass is 9.84. The maximum atomic E-state index is 12.7. The lowest BCUT2D eigenvalue weighted by Gasteiger charge is -2.52. The van der Waals surface area contributed by atoms with E-state index in [1.165, 1.54) is 12.8 Å². The van der Waals surface area contributed by atoms with Crippen molar-refractivity contribution in [2.45, 2.75) is 57.5 Å². The number of rotatable bonds is 4. The third-order valence-corrected chi connectivity index (χ3v) is 4.73. The lowest BCUT2D eigenvalue weighted by Crippen LogP contribution is -2.69. The van der Waals surface area contributed by atoms with E-state index in [-0.39, 0.29) is 17.6 Å². The van der Waals surface area contributed by atoms with Crippen LogP contribution in [0.15, 0.2) is 0 Å². The lowest BCUT2D eigenvalue weighted by molar-refractivity contribution is -0.0323. The van der Waals surface area contributed by atoms with E-state index in [1.54, 1.807) is 0 Å². The topological polar surface area (TPSA) is 15.3 Å². The standard InChI is InChI=1S/C13H24F2N2/c1-4-12(2)9-17(7-11(14)15)13(3,8-16-12)10-5-6-10/h10-11,16H,4-9H2,1-3H3. The van der Waals surface area contributed by atoms with Crippen LogP contribution in [0.1, 0.15) is 40.0 Å². The van der Waals surface area contributed by atoms with Gasteiger partial charge in [-0.2, -0.15) is 0 Å². The van der Waals surface area contributed by atoms with E-state index < -0.39 is 6.43 Å². The Labute approximate surface area is 103 Å². The van der Waals surface area contributed by atoms with Gasteiger partial charge in [0.2, 0.25) is 0 Å². The summed E-state index contributed by atoms with van der Waals surface area (Å²) in [6, 6.07) is 0. The smallest absolute Gasteiger partial charge is 0.251 e. The predicted molar refractivity (Wildman–Crippen MR) is 65.4 cm³/mol. The van der Waals surface area contributed by atoms with Gasteiger partial charge in [-0.25, -0.2) is 8.78 Å². The van der Waals surface area contributed by atoms with E-state index >= 15 is 0 Å². The average molecular weight is 246 g/mol. The zero-order valence-corrected chi connectivity index (χ0v) is 11.1. The van der Waals surface area contributed by atoms with Crippen molar-refractivity contribution >= 4 is 0 Å². The summed E-state index contributed by atoms with van der Waals surface area (Å²) >= 11 is 0. The largest absolute Gasteiger partial charge is 0.308 e. The molecule has 100 valence electrons. The van der Waals surface area contributed by atoms with E-state index in [0.717, 1.165) is 19.5 Å². The van der Waals surface area contributed by atoms with Crippen molar-refractivity contribution in [3.8, 4) is 0 Å². The fourth-order valence-corrected chi connectivity index (χ4v) is 2.95. The molecule has 4 heteroatoms. The summed E-state index contributed by atoms with van der Waals surface area (Å²) in [6.45, 7) is 7.90. The summed E-state index contributed by atoms with van der Waals surface area (Å²) in [6.07, 6.45) is 1.14. The molecule has 0 aromatic carbocycles. The van der Waals surface area contributed by atoms with Gasteiger partial charge in [0.25, 0.3) is 6.43 Å². The molecule has 0 aromatic heterocycles. The third-order valence-electron chi connectivity index (χ3n) is 4.73. The summed E-state index contributed by atoms with van der Waals surface area (Å²) in [5.74, 6) is 0.607. The van der Waals surface area contributed by atoms with Gasteiger partial charge in [-0.05, 0) is 39.0 Å². The first-order chi connectivity index (χ1) is 7.89. The van der Waals surface area contributed by atoms with Gasteiger partial charge in [0.15, 0.2) is 0 Å². The van der Waals surface area contributed by atoms with Gasteiger partial charge in [-0.1, -0.05) is 6.92 Å². The Bertz CT molecular complexity index is 281. The Morgan fingerprint density at radius 3 is 2.47 bits per heavy atom. The van der Waals surface area contributed by atoms with Crippen molar-refractivity contribution in [2.75, 3.05) is 19.6 Å². The molecule has 1 saturated heterocycles. The normalized spacial score (nSPS) is 39.9. The maximum absolute atomic E-state index is 12.7. The molecule has 2 unspecified atom stereocenters. The summed E-state index contributed by atoms with van der Waals surface area (Å²) < 4.78 is 25.5. The molecule has 1 saturated carbocycles. The molecule has 0 spiro atoms. The number of halogens is 2. The number of alkyl halides is 2. The SMILES string of the molecule is CCC1(C)CN(CC(F)F)C(C)(C2CC2)CN1. The van der Waals surface area contributed by atoms with Crippen LogP contribution >= 0.6 is 0 Å². The highest BCUT2D eigenvalue weighted by atomic mass is 19.3. The Balaban J connectivity index is 2.12. The minimum atomic E-state index is -2.23. The second kappa shape index (κ2) is 4.47. The zero-order valence-electron chi connectivity index (χ0n) is 11.1. The molecule has 1 aliphatic heterocycles. The highest BCUT2D eigenvalue weighted by Gasteiger charge is 2.50. The molecule has 2 rings (SSSR count). The summed E-state index contributed by atoms with van der Waals surface area (Å²) in [7, 11) is 0. The number of nitrogens with zero attached hydrogens (tertiary/aromatic N) is 1. The highest BCUT2D eigenvalue weighted by molar-refractivity contribution is 5.07. The van der Waals surface area contributed by atoms with Crippen LogP contribution in [0.25, 0.3) is 0 Å². The first-order valence-corrected chi connectivity index (χ1v) is 6.68. The molecule has 0 amide bonds. The van der Waals surface area contributed by atoms with Gasteiger partial charge in [0.1, 0.15) is 0 Å². The van der Waals surface area contributed by atoms with Crippen LogP contribution in [0.3, 0.4) is 0 Å². The van der Waals surface area contributed by atoms with Gasteiger partial charge in [0.05, 0.1) is 6.54 Å². The van der Waals surface area contributed by atoms with Crippen LogP contribution < -0.4 is 5.32 Å². The molecule has 0 aromatic rings. The maximum Gasteiger partial charge on any atom is 0.251 e. The van der Waals surface area contributed by atoms with Crippen LogP contribution in [0.4, 0.5) is 8.78 Å². The van der Waals surface area contributed by atoms with Crippen molar-refractivity contribution in [1.29, 1.82) is 0 Å². The van der Waals surface area contributed by atoms with Crippen molar-refractivity contribution in [3.05, 3.63) is 0 Å². The number of hydrogen-bond donors (Lipinski definition) is 1. The number of piperazine rings is 1. The third kappa shape index (κ3) is 2.63. The molecule has 1 aliphatic carbocycles. The molecule has 2 atom stereocenters. The summed E-state index contributed by atoms with van der Waals surface area (Å²) in [5.41, 5.74) is -0.0750. The van der Waals surface area contributed by atoms with E-state index in [2.05, 4.69) is 26.1 Å². The van der Waals surface area contributed by atoms with E-state index in [0.29, 0.717) is 5.92 Å². The van der Waals surface area contributed by atoms with Crippen LogP contribution in [0.5, 0.6) is 0 Å². The summed E-state index contributed by atoms with van der Waals surface area (Å²) in [4.78, 5) is 2.04. The predicted octanol–water partition coefficient (Wildman–Crippen LogP) is 2.49. The van der Waals surface area contributed by atoms with Crippen molar-refractivity contribution in [3.63, 3.8) is 0 Å². The molecular formula is C13H24F2N2. The minimum absolute atomic E-state index is 0.0106. The Morgan fingerprint density at radius 1 is 1.35 bits per heavy atom. The second-order valence-corrected chi connectivity index (χ2v) is 6.17. The molecule has 17 heavy (non-hydrogen) atoms. The molecule has 2 fully saturated rings. The van der Waals surface area contributed by atoms with Crippen molar-refractivity contribution in [1.82, 2.24) is 10.2 Å². The fraction of sp³-hybridized carbons (Fsp3) is 1.00. The van der Waals surface area contributed by atoms with E-state index in [4.69, 9.17) is 0 Å². The number of nitrogens with one attached hydrogen (secondary N) is 1. The average Bonchev–Trinajstić information content (AvgIpc) is 3.07. The molecule has 0 bridgehead atoms. The first kappa shape index (κ1) is 13.2. The molecule has 1 N–H and O–H groups in total. The monoisotopic (exact) mass is 246 g/mol. The summed E-state index contributed by atoms with van der Waals surface area (Å²) in [5, 5.41) is 3.57. The Hall–Kier alpha value is -0.220. The van der Waals surface area contributed by atoms with E-state index in [9.17, 15) is 8.78 Å². The molecule has 2 aliphatic rings. The quantitative estimate of drug-likeness (QED) is 0.820. The van der Waals surface area contributed by atoms with Gasteiger partial charge >= 0.3 is 0 Å². The van der Waals surface area contributed by atoms with Crippen LogP contribution in [0.2, 0.25) is 0 Å². The zero-order chi connectivity index (χ0) is 12.7. The number of hydrogen-bond acceptors (Lipinski definition) is 2. The van der Waals surface area contributed by atoms with Crippen molar-refractivity contribution in [2.24, 2.45) is 5.92 Å². The Kier molecular flexibility index (Phi) is 3.47. The van der Waals surface area contributed by atoms with Crippen LogP contribution in [-0.4, -0.2) is 42.0 Å². The molecule has 2 nitrogen and oxygen atoms in total. The Morgan fingerprint density at radius 2 is 2.00 bits per heavy atom. The van der Waals surface area contributed by atoms with Crippen LogP contribution in [-0.2, 0) is 0 Å². The highest BCUT2D eigenvalue weighted by Crippen LogP contribution is 2.45. The van der Waals surface area contributed by atoms with E-state index in [1.807, 2.05) is 4.90 Å². The minimum Gasteiger partial charge on any atom is -0.308 e. The van der Waals surface area contributed by atoms with Gasteiger partial charge in [0, 0.05) is 24.2 Å². The van der Waals surface area contributed by atoms with Gasteiger partial charge < -0.3 is 5.32 Å². The molecular weight excluding hydrogens is 222 g/mol. The first-order valence-electron chi connectivity index (χ1n) is 6.68. The second-order valence-electron chi connectivity index (χ2n) is 6.17. The fourth-order valence-electron chi connectivity index (χ4n) is 2.95.